The van der Waals surface area contributed by atoms with Gasteiger partial charge in [0.1, 0.15) is 0 Å². The molecule has 1 fully saturated rings. The molecule has 0 radical (unpaired) electrons. The number of nitrogens with one attached hydrogen (secondary N) is 1. The van der Waals surface area contributed by atoms with Crippen LogP contribution in [0, 0.1) is 11.8 Å². The molecule has 120 valence electrons. The Hall–Kier alpha value is -1.79. The average Bonchev–Trinajstić information content (AvgIpc) is 2.77. The van der Waals surface area contributed by atoms with Gasteiger partial charge in [-0.2, -0.15) is 0 Å². The fraction of sp³-hybridized carbons (Fsp3) is 0.786. The Kier molecular flexibility index (Phi) is 6.45. The molecule has 0 aliphatic heterocycles. The summed E-state index contributed by atoms with van der Waals surface area (Å²) in [4.78, 5) is 26.8. The number of amides is 1. The molecule has 0 saturated heterocycles. The third-order valence-corrected chi connectivity index (χ3v) is 4.02. The second kappa shape index (κ2) is 7.85. The Balaban J connectivity index is 2.91. The lowest BCUT2D eigenvalue weighted by molar-refractivity contribution is -0.141. The van der Waals surface area contributed by atoms with Crippen molar-refractivity contribution in [2.75, 3.05) is 0 Å². The van der Waals surface area contributed by atoms with E-state index < -0.39 is 11.9 Å². The first-order chi connectivity index (χ1) is 9.85. The summed E-state index contributed by atoms with van der Waals surface area (Å²) in [6, 6.07) is -0.329. The summed E-state index contributed by atoms with van der Waals surface area (Å²) in [5.41, 5.74) is 10.9. The Morgan fingerprint density at radius 1 is 1.38 bits per heavy atom. The Bertz CT molecular complexity index is 407. The van der Waals surface area contributed by atoms with E-state index in [2.05, 4.69) is 17.2 Å². The molecule has 0 heterocycles. The molecule has 21 heavy (non-hydrogen) atoms. The van der Waals surface area contributed by atoms with Gasteiger partial charge >= 0.3 is 5.97 Å². The quantitative estimate of drug-likeness (QED) is 0.400. The first kappa shape index (κ1) is 17.3. The van der Waals surface area contributed by atoms with Gasteiger partial charge < -0.3 is 21.9 Å². The Morgan fingerprint density at radius 2 is 2.05 bits per heavy atom. The van der Waals surface area contributed by atoms with Crippen LogP contribution in [0.25, 0.3) is 0 Å². The largest absolute Gasteiger partial charge is 0.481 e. The first-order valence-electron chi connectivity index (χ1n) is 7.43. The van der Waals surface area contributed by atoms with E-state index in [9.17, 15) is 14.7 Å². The van der Waals surface area contributed by atoms with Crippen molar-refractivity contribution >= 4 is 17.8 Å². The highest BCUT2D eigenvalue weighted by Crippen LogP contribution is 2.37. The van der Waals surface area contributed by atoms with Gasteiger partial charge in [-0.1, -0.05) is 19.8 Å². The normalized spacial score (nSPS) is 26.1. The molecule has 7 nitrogen and oxygen atoms in total. The average molecular weight is 298 g/mol. The molecular weight excluding hydrogens is 272 g/mol. The molecule has 0 spiro atoms. The number of aliphatic imine (C=N–C) groups is 1. The van der Waals surface area contributed by atoms with Crippen LogP contribution in [0.2, 0.25) is 0 Å². The summed E-state index contributed by atoms with van der Waals surface area (Å²) in [6.45, 7) is 3.55. The number of rotatable bonds is 7. The third-order valence-electron chi connectivity index (χ3n) is 4.02. The van der Waals surface area contributed by atoms with Crippen molar-refractivity contribution in [1.82, 2.24) is 5.32 Å². The zero-order valence-corrected chi connectivity index (χ0v) is 12.7. The van der Waals surface area contributed by atoms with Crippen LogP contribution in [0.3, 0.4) is 0 Å². The molecule has 1 saturated carbocycles. The van der Waals surface area contributed by atoms with Gasteiger partial charge in [0.2, 0.25) is 5.91 Å². The van der Waals surface area contributed by atoms with Crippen molar-refractivity contribution in [3.8, 4) is 0 Å². The van der Waals surface area contributed by atoms with Gasteiger partial charge in [0.25, 0.3) is 0 Å². The standard InChI is InChI=1S/C14H26N4O3/c1-3-4-5-11(17-8(2)19)10-6-9(13(20)21)7-12(10)18-14(15)16/h9-12H,3-7H2,1-2H3,(H,17,19)(H,20,21)(H4,15,16,18)/t9?,10-,11?,12-/m1/s1. The van der Waals surface area contributed by atoms with Gasteiger partial charge in [-0.15, -0.1) is 0 Å². The van der Waals surface area contributed by atoms with Gasteiger partial charge in [0.05, 0.1) is 12.0 Å². The molecule has 7 heteroatoms. The van der Waals surface area contributed by atoms with Gasteiger partial charge in [0.15, 0.2) is 5.96 Å². The van der Waals surface area contributed by atoms with E-state index >= 15 is 0 Å². The lowest BCUT2D eigenvalue weighted by Crippen LogP contribution is -2.42. The fourth-order valence-electron chi connectivity index (χ4n) is 3.10. The summed E-state index contributed by atoms with van der Waals surface area (Å²) < 4.78 is 0. The van der Waals surface area contributed by atoms with E-state index in [4.69, 9.17) is 11.5 Å². The van der Waals surface area contributed by atoms with Crippen LogP contribution in [0.15, 0.2) is 4.99 Å². The predicted molar refractivity (Wildman–Crippen MR) is 80.6 cm³/mol. The molecule has 4 atom stereocenters. The topological polar surface area (TPSA) is 131 Å². The van der Waals surface area contributed by atoms with Crippen LogP contribution in [-0.4, -0.2) is 35.0 Å². The summed E-state index contributed by atoms with van der Waals surface area (Å²) in [6.07, 6.45) is 3.70. The molecule has 1 rings (SSSR count). The SMILES string of the molecule is CCCCC(NC(C)=O)[C@H]1CC(C(=O)O)C[C@H]1N=C(N)N. The molecular formula is C14H26N4O3. The Morgan fingerprint density at radius 3 is 2.52 bits per heavy atom. The zero-order chi connectivity index (χ0) is 16.0. The van der Waals surface area contributed by atoms with E-state index in [1.54, 1.807) is 0 Å². The summed E-state index contributed by atoms with van der Waals surface area (Å²) in [5.74, 6) is -1.47. The van der Waals surface area contributed by atoms with Gasteiger partial charge in [0, 0.05) is 18.9 Å². The molecule has 0 aromatic heterocycles. The number of carboxylic acids is 1. The van der Waals surface area contributed by atoms with Crippen LogP contribution in [0.5, 0.6) is 0 Å². The maximum Gasteiger partial charge on any atom is 0.306 e. The predicted octanol–water partition coefficient (Wildman–Crippen LogP) is 0.434. The first-order valence-corrected chi connectivity index (χ1v) is 7.43. The Labute approximate surface area is 125 Å². The van der Waals surface area contributed by atoms with Crippen molar-refractivity contribution in [3.63, 3.8) is 0 Å². The molecule has 1 aliphatic rings. The van der Waals surface area contributed by atoms with Crippen LogP contribution < -0.4 is 16.8 Å². The maximum atomic E-state index is 11.4. The number of hydrogen-bond acceptors (Lipinski definition) is 3. The number of carbonyl (C=O) groups excluding carboxylic acids is 1. The van der Waals surface area contributed by atoms with E-state index in [-0.39, 0.29) is 29.9 Å². The molecule has 1 amide bonds. The number of nitrogens with zero attached hydrogens (tertiary/aromatic N) is 1. The zero-order valence-electron chi connectivity index (χ0n) is 12.7. The molecule has 0 bridgehead atoms. The van der Waals surface area contributed by atoms with Crippen molar-refractivity contribution in [2.24, 2.45) is 28.3 Å². The third kappa shape index (κ3) is 5.24. The maximum absolute atomic E-state index is 11.4. The number of aliphatic carboxylic acids is 1. The number of unbranched alkanes of at least 4 members (excludes halogenated alkanes) is 1. The number of hydrogen-bond donors (Lipinski definition) is 4. The van der Waals surface area contributed by atoms with Crippen molar-refractivity contribution in [2.45, 2.75) is 58.0 Å². The van der Waals surface area contributed by atoms with Crippen LogP contribution in [-0.2, 0) is 9.59 Å². The molecule has 6 N–H and O–H groups in total. The van der Waals surface area contributed by atoms with E-state index in [0.29, 0.717) is 12.8 Å². The lowest BCUT2D eigenvalue weighted by Gasteiger charge is -2.27. The van der Waals surface area contributed by atoms with Gasteiger partial charge in [-0.3, -0.25) is 9.59 Å². The van der Waals surface area contributed by atoms with Crippen molar-refractivity contribution < 1.29 is 14.7 Å². The van der Waals surface area contributed by atoms with E-state index in [0.717, 1.165) is 19.3 Å². The summed E-state index contributed by atoms with van der Waals surface area (Å²) >= 11 is 0. The molecule has 2 unspecified atom stereocenters. The smallest absolute Gasteiger partial charge is 0.306 e. The molecule has 1 aliphatic carbocycles. The van der Waals surface area contributed by atoms with Gasteiger partial charge in [-0.25, -0.2) is 4.99 Å². The highest BCUT2D eigenvalue weighted by molar-refractivity contribution is 5.76. The minimum atomic E-state index is -0.828. The monoisotopic (exact) mass is 298 g/mol. The summed E-state index contributed by atoms with van der Waals surface area (Å²) in [5, 5.41) is 12.2. The van der Waals surface area contributed by atoms with Gasteiger partial charge in [-0.05, 0) is 19.3 Å². The number of carboxylic acid groups (broad SMARTS) is 1. The second-order valence-corrected chi connectivity index (χ2v) is 5.74. The highest BCUT2D eigenvalue weighted by atomic mass is 16.4. The molecule has 0 aromatic rings. The molecule has 0 aromatic carbocycles. The highest BCUT2D eigenvalue weighted by Gasteiger charge is 2.42. The van der Waals surface area contributed by atoms with Crippen LogP contribution in [0.1, 0.15) is 46.0 Å². The number of nitrogens with two attached hydrogens (primary N) is 2. The number of guanidine groups is 1. The van der Waals surface area contributed by atoms with Crippen LogP contribution >= 0.6 is 0 Å². The van der Waals surface area contributed by atoms with Crippen molar-refractivity contribution in [3.05, 3.63) is 0 Å². The van der Waals surface area contributed by atoms with Crippen molar-refractivity contribution in [1.29, 1.82) is 0 Å². The number of carbonyl (C=O) groups is 2. The fourth-order valence-corrected chi connectivity index (χ4v) is 3.10. The minimum Gasteiger partial charge on any atom is -0.481 e. The van der Waals surface area contributed by atoms with E-state index in [1.165, 1.54) is 6.92 Å². The van der Waals surface area contributed by atoms with E-state index in [1.807, 2.05) is 0 Å². The minimum absolute atomic E-state index is 0.0342. The second-order valence-electron chi connectivity index (χ2n) is 5.74. The lowest BCUT2D eigenvalue weighted by atomic mass is 9.90. The summed E-state index contributed by atoms with van der Waals surface area (Å²) in [7, 11) is 0. The van der Waals surface area contributed by atoms with Crippen LogP contribution in [0.4, 0.5) is 0 Å².